The molecular formula is C40H74N2O5S. The van der Waals surface area contributed by atoms with Gasteiger partial charge in [0, 0.05) is 37.7 Å². The van der Waals surface area contributed by atoms with Gasteiger partial charge in [0.15, 0.2) is 0 Å². The van der Waals surface area contributed by atoms with E-state index in [-0.39, 0.29) is 17.2 Å². The third-order valence-corrected chi connectivity index (χ3v) is 9.82. The van der Waals surface area contributed by atoms with Crippen molar-refractivity contribution in [1.29, 1.82) is 0 Å². The van der Waals surface area contributed by atoms with Crippen LogP contribution in [-0.2, 0) is 19.1 Å². The number of carbonyl (C=O) groups excluding carboxylic acids is 3. The summed E-state index contributed by atoms with van der Waals surface area (Å²) in [5.41, 5.74) is 0. The molecule has 0 aliphatic rings. The zero-order chi connectivity index (χ0) is 35.5. The van der Waals surface area contributed by atoms with Crippen molar-refractivity contribution < 1.29 is 23.9 Å². The van der Waals surface area contributed by atoms with Gasteiger partial charge >= 0.3 is 11.9 Å². The lowest BCUT2D eigenvalue weighted by molar-refractivity contribution is -0.143. The van der Waals surface area contributed by atoms with E-state index in [1.165, 1.54) is 63.1 Å². The summed E-state index contributed by atoms with van der Waals surface area (Å²) in [6.45, 7) is 8.92. The molecule has 0 N–H and O–H groups in total. The first-order valence-electron chi connectivity index (χ1n) is 19.5. The fourth-order valence-corrected chi connectivity index (χ4v) is 6.15. The molecule has 7 nitrogen and oxygen atoms in total. The topological polar surface area (TPSA) is 76.1 Å². The van der Waals surface area contributed by atoms with E-state index in [9.17, 15) is 14.4 Å². The summed E-state index contributed by atoms with van der Waals surface area (Å²) in [5, 5.41) is 0.180. The van der Waals surface area contributed by atoms with E-state index in [2.05, 4.69) is 37.8 Å². The number of rotatable bonds is 33. The Morgan fingerprint density at radius 2 is 1.00 bits per heavy atom. The normalized spacial score (nSPS) is 12.3. The average Bonchev–Trinajstić information content (AvgIpc) is 3.07. The van der Waals surface area contributed by atoms with E-state index in [0.717, 1.165) is 95.9 Å². The molecule has 0 unspecified atom stereocenters. The van der Waals surface area contributed by atoms with Crippen molar-refractivity contribution >= 4 is 28.9 Å². The van der Waals surface area contributed by atoms with Gasteiger partial charge in [-0.15, -0.1) is 0 Å². The van der Waals surface area contributed by atoms with Crippen molar-refractivity contribution in [1.82, 2.24) is 9.80 Å². The molecule has 0 rings (SSSR count). The van der Waals surface area contributed by atoms with Crippen molar-refractivity contribution in [3.8, 4) is 0 Å². The second kappa shape index (κ2) is 35.0. The van der Waals surface area contributed by atoms with Gasteiger partial charge < -0.3 is 19.3 Å². The first-order chi connectivity index (χ1) is 23.3. The van der Waals surface area contributed by atoms with Crippen LogP contribution >= 0.6 is 11.8 Å². The van der Waals surface area contributed by atoms with Gasteiger partial charge in [-0.1, -0.05) is 127 Å². The fourth-order valence-electron chi connectivity index (χ4n) is 5.11. The molecule has 0 heterocycles. The first-order valence-corrected chi connectivity index (χ1v) is 20.5. The van der Waals surface area contributed by atoms with Gasteiger partial charge in [0.2, 0.25) is 0 Å². The van der Waals surface area contributed by atoms with Crippen LogP contribution < -0.4 is 0 Å². The van der Waals surface area contributed by atoms with Crippen molar-refractivity contribution in [3.05, 3.63) is 24.3 Å². The second-order valence-corrected chi connectivity index (χ2v) is 14.4. The Balaban J connectivity index is 4.16. The minimum atomic E-state index is -0.109. The van der Waals surface area contributed by atoms with Gasteiger partial charge in [-0.25, -0.2) is 0 Å². The summed E-state index contributed by atoms with van der Waals surface area (Å²) in [7, 11) is 4.10. The zero-order valence-corrected chi connectivity index (χ0v) is 32.6. The summed E-state index contributed by atoms with van der Waals surface area (Å²) in [4.78, 5) is 41.3. The quantitative estimate of drug-likeness (QED) is 0.0384. The molecule has 0 aromatic carbocycles. The Morgan fingerprint density at radius 3 is 1.44 bits per heavy atom. The second-order valence-electron chi connectivity index (χ2n) is 13.4. The maximum Gasteiger partial charge on any atom is 0.306 e. The van der Waals surface area contributed by atoms with E-state index in [4.69, 9.17) is 9.47 Å². The molecule has 48 heavy (non-hydrogen) atoms. The maximum atomic E-state index is 13.1. The minimum absolute atomic E-state index is 0.109. The highest BCUT2D eigenvalue weighted by molar-refractivity contribution is 8.13. The largest absolute Gasteiger partial charge is 0.461 e. The van der Waals surface area contributed by atoms with Crippen LogP contribution in [0.25, 0.3) is 0 Å². The van der Waals surface area contributed by atoms with Gasteiger partial charge in [-0.2, -0.15) is 0 Å². The van der Waals surface area contributed by atoms with E-state index in [1.54, 1.807) is 0 Å². The molecule has 0 fully saturated rings. The number of hydrogen-bond acceptors (Lipinski definition) is 7. The monoisotopic (exact) mass is 695 g/mol. The Labute approximate surface area is 300 Å². The Morgan fingerprint density at radius 1 is 0.583 bits per heavy atom. The van der Waals surface area contributed by atoms with E-state index in [0.29, 0.717) is 32.1 Å². The van der Waals surface area contributed by atoms with Crippen molar-refractivity contribution in [2.24, 2.45) is 0 Å². The van der Waals surface area contributed by atoms with E-state index < -0.39 is 0 Å². The SMILES string of the molecule is CCCCCC/C=C\COC(=O)CCCCCCCN(CCCCCCCC(=O)OC/C=C\CCCCCC)C(=O)SC[C@@H](C)N(C)C. The first kappa shape index (κ1) is 46.2. The number of amides is 1. The van der Waals surface area contributed by atoms with Crippen LogP contribution in [0.1, 0.15) is 162 Å². The zero-order valence-electron chi connectivity index (χ0n) is 31.8. The van der Waals surface area contributed by atoms with Crippen molar-refractivity contribution in [2.75, 3.05) is 46.2 Å². The molecule has 8 heteroatoms. The third-order valence-electron chi connectivity index (χ3n) is 8.67. The number of thioether (sulfide) groups is 1. The molecule has 0 bridgehead atoms. The van der Waals surface area contributed by atoms with Gasteiger partial charge in [-0.3, -0.25) is 14.4 Å². The molecule has 0 saturated carbocycles. The van der Waals surface area contributed by atoms with Crippen LogP contribution in [0.3, 0.4) is 0 Å². The lowest BCUT2D eigenvalue weighted by Gasteiger charge is -2.24. The summed E-state index contributed by atoms with van der Waals surface area (Å²) in [6.07, 6.45) is 31.2. The molecular weight excluding hydrogens is 621 g/mol. The highest BCUT2D eigenvalue weighted by atomic mass is 32.2. The van der Waals surface area contributed by atoms with Crippen molar-refractivity contribution in [3.63, 3.8) is 0 Å². The molecule has 1 amide bonds. The highest BCUT2D eigenvalue weighted by Gasteiger charge is 2.16. The van der Waals surface area contributed by atoms with Gasteiger partial charge in [0.05, 0.1) is 0 Å². The Kier molecular flexibility index (Phi) is 33.7. The van der Waals surface area contributed by atoms with Crippen LogP contribution in [0.5, 0.6) is 0 Å². The summed E-state index contributed by atoms with van der Waals surface area (Å²) < 4.78 is 10.6. The van der Waals surface area contributed by atoms with Crippen molar-refractivity contribution in [2.45, 2.75) is 168 Å². The number of unbranched alkanes of at least 4 members (excludes halogenated alkanes) is 16. The number of allylic oxidation sites excluding steroid dienone is 2. The lowest BCUT2D eigenvalue weighted by Crippen LogP contribution is -2.32. The molecule has 0 spiro atoms. The van der Waals surface area contributed by atoms with E-state index >= 15 is 0 Å². The van der Waals surface area contributed by atoms with Crippen LogP contribution in [0.15, 0.2) is 24.3 Å². The molecule has 0 saturated heterocycles. The van der Waals surface area contributed by atoms with Crippen LogP contribution in [-0.4, -0.2) is 79.2 Å². The van der Waals surface area contributed by atoms with Crippen LogP contribution in [0.2, 0.25) is 0 Å². The van der Waals surface area contributed by atoms with Gasteiger partial charge in [0.25, 0.3) is 5.24 Å². The maximum absolute atomic E-state index is 13.1. The molecule has 280 valence electrons. The smallest absolute Gasteiger partial charge is 0.306 e. The Hall–Kier alpha value is -1.80. The molecule has 0 aliphatic heterocycles. The standard InChI is InChI=1S/C40H74N2O5S/c1-6-8-10-12-14-22-28-34-46-38(43)30-24-18-16-20-26-32-42(40(45)48-36-37(3)41(4)5)33-27-21-17-19-25-31-39(44)47-35-29-23-15-13-11-9-7-2/h22-23,28-29,37H,6-21,24-27,30-36H2,1-5H3/b28-22-,29-23-/t37-/m1/s1. The van der Waals surface area contributed by atoms with Crippen LogP contribution in [0, 0.1) is 0 Å². The Bertz CT molecular complexity index is 780. The summed E-state index contributed by atoms with van der Waals surface area (Å²) in [6, 6.07) is 0.345. The molecule has 0 aliphatic carbocycles. The highest BCUT2D eigenvalue weighted by Crippen LogP contribution is 2.16. The van der Waals surface area contributed by atoms with Crippen LogP contribution in [0.4, 0.5) is 4.79 Å². The van der Waals surface area contributed by atoms with E-state index in [1.807, 2.05) is 31.1 Å². The number of ether oxygens (including phenoxy) is 2. The molecule has 0 aromatic rings. The molecule has 1 atom stereocenters. The molecule has 0 radical (unpaired) electrons. The van der Waals surface area contributed by atoms with Gasteiger partial charge in [0.1, 0.15) is 13.2 Å². The van der Waals surface area contributed by atoms with Gasteiger partial charge in [-0.05, 0) is 72.4 Å². The molecule has 0 aromatic heterocycles. The average molecular weight is 695 g/mol. The lowest BCUT2D eigenvalue weighted by atomic mass is 10.1. The number of nitrogens with zero attached hydrogens (tertiary/aromatic N) is 2. The number of hydrogen-bond donors (Lipinski definition) is 0. The third kappa shape index (κ3) is 31.5. The predicted octanol–water partition coefficient (Wildman–Crippen LogP) is 10.9. The minimum Gasteiger partial charge on any atom is -0.461 e. The summed E-state index contributed by atoms with van der Waals surface area (Å²) in [5.74, 6) is 0.572. The predicted molar refractivity (Wildman–Crippen MR) is 206 cm³/mol. The number of carbonyl (C=O) groups is 3. The summed E-state index contributed by atoms with van der Waals surface area (Å²) >= 11 is 1.43. The number of esters is 2. The fraction of sp³-hybridized carbons (Fsp3) is 0.825.